The van der Waals surface area contributed by atoms with Crippen molar-refractivity contribution in [1.29, 1.82) is 0 Å². The van der Waals surface area contributed by atoms with E-state index in [4.69, 9.17) is 23.2 Å². The summed E-state index contributed by atoms with van der Waals surface area (Å²) in [5.41, 5.74) is 2.09. The molecule has 0 aliphatic rings. The van der Waals surface area contributed by atoms with Crippen LogP contribution in [0.25, 0.3) is 0 Å². The average Bonchev–Trinajstić information content (AvgIpc) is 2.35. The first-order valence-corrected chi connectivity index (χ1v) is 7.08. The largest absolute Gasteiger partial charge is 0.289 e. The van der Waals surface area contributed by atoms with Crippen LogP contribution in [-0.4, -0.2) is 5.78 Å². The zero-order valence-electron chi connectivity index (χ0n) is 9.51. The number of rotatable bonds is 2. The van der Waals surface area contributed by atoms with Crippen molar-refractivity contribution in [3.63, 3.8) is 0 Å². The number of carbonyl (C=O) groups excluding carboxylic acids is 1. The fourth-order valence-corrected chi connectivity index (χ4v) is 2.23. The molecule has 0 radical (unpaired) electrons. The van der Waals surface area contributed by atoms with E-state index in [0.29, 0.717) is 21.2 Å². The van der Waals surface area contributed by atoms with E-state index in [1.165, 1.54) is 0 Å². The minimum absolute atomic E-state index is 0.0739. The standard InChI is InChI=1S/C14H9Cl2IO/c1-8-2-3-9(6-11(8)15)14(18)10-4-5-13(17)12(16)7-10/h2-7H,1H3. The van der Waals surface area contributed by atoms with Crippen molar-refractivity contribution in [3.05, 3.63) is 66.7 Å². The first-order chi connectivity index (χ1) is 8.49. The Bertz CT molecular complexity index is 570. The van der Waals surface area contributed by atoms with Crippen LogP contribution < -0.4 is 0 Å². The second-order valence-corrected chi connectivity index (χ2v) is 5.90. The molecule has 2 aromatic rings. The molecule has 2 aromatic carbocycles. The number of hydrogen-bond acceptors (Lipinski definition) is 1. The van der Waals surface area contributed by atoms with Gasteiger partial charge in [-0.3, -0.25) is 4.79 Å². The van der Waals surface area contributed by atoms with Crippen molar-refractivity contribution >= 4 is 51.6 Å². The average molecular weight is 391 g/mol. The van der Waals surface area contributed by atoms with Crippen LogP contribution in [0.1, 0.15) is 21.5 Å². The minimum atomic E-state index is -0.0739. The maximum Gasteiger partial charge on any atom is 0.193 e. The molecule has 0 saturated carbocycles. The Morgan fingerprint density at radius 3 is 2.11 bits per heavy atom. The zero-order valence-corrected chi connectivity index (χ0v) is 13.2. The van der Waals surface area contributed by atoms with Crippen molar-refractivity contribution in [2.75, 3.05) is 0 Å². The summed E-state index contributed by atoms with van der Waals surface area (Å²) in [4.78, 5) is 12.3. The summed E-state index contributed by atoms with van der Waals surface area (Å²) in [5.74, 6) is -0.0739. The van der Waals surface area contributed by atoms with Crippen LogP contribution in [0.5, 0.6) is 0 Å². The van der Waals surface area contributed by atoms with Gasteiger partial charge in [0.25, 0.3) is 0 Å². The molecular weight excluding hydrogens is 382 g/mol. The molecule has 0 amide bonds. The topological polar surface area (TPSA) is 17.1 Å². The lowest BCUT2D eigenvalue weighted by Gasteiger charge is -2.05. The Morgan fingerprint density at radius 2 is 1.56 bits per heavy atom. The molecule has 0 atom stereocenters. The highest BCUT2D eigenvalue weighted by molar-refractivity contribution is 14.1. The zero-order chi connectivity index (χ0) is 13.3. The van der Waals surface area contributed by atoms with E-state index in [9.17, 15) is 4.79 Å². The third kappa shape index (κ3) is 2.87. The van der Waals surface area contributed by atoms with Gasteiger partial charge in [0.1, 0.15) is 0 Å². The summed E-state index contributed by atoms with van der Waals surface area (Å²) in [5, 5.41) is 1.18. The molecule has 0 spiro atoms. The van der Waals surface area contributed by atoms with Crippen LogP contribution in [0.3, 0.4) is 0 Å². The van der Waals surface area contributed by atoms with Gasteiger partial charge in [-0.1, -0.05) is 35.3 Å². The third-order valence-electron chi connectivity index (χ3n) is 2.62. The molecule has 18 heavy (non-hydrogen) atoms. The molecule has 0 aromatic heterocycles. The first-order valence-electron chi connectivity index (χ1n) is 5.25. The Labute approximate surface area is 129 Å². The van der Waals surface area contributed by atoms with Crippen molar-refractivity contribution in [2.45, 2.75) is 6.92 Å². The molecule has 2 rings (SSSR count). The monoisotopic (exact) mass is 390 g/mol. The molecule has 0 N–H and O–H groups in total. The number of halogens is 3. The molecule has 92 valence electrons. The first kappa shape index (κ1) is 13.8. The highest BCUT2D eigenvalue weighted by atomic mass is 127. The van der Waals surface area contributed by atoms with Gasteiger partial charge in [-0.2, -0.15) is 0 Å². The summed E-state index contributed by atoms with van der Waals surface area (Å²) < 4.78 is 0.924. The van der Waals surface area contributed by atoms with Crippen molar-refractivity contribution in [3.8, 4) is 0 Å². The Hall–Kier alpha value is -0.580. The lowest BCUT2D eigenvalue weighted by molar-refractivity contribution is 0.103. The van der Waals surface area contributed by atoms with Crippen LogP contribution in [0.15, 0.2) is 36.4 Å². The molecule has 0 fully saturated rings. The van der Waals surface area contributed by atoms with Gasteiger partial charge in [0.05, 0.1) is 5.02 Å². The summed E-state index contributed by atoms with van der Waals surface area (Å²) in [6.07, 6.45) is 0. The molecule has 1 nitrogen and oxygen atoms in total. The summed E-state index contributed by atoms with van der Waals surface area (Å²) in [7, 11) is 0. The molecule has 0 saturated heterocycles. The Morgan fingerprint density at radius 1 is 1.00 bits per heavy atom. The summed E-state index contributed by atoms with van der Waals surface area (Å²) in [6, 6.07) is 10.6. The van der Waals surface area contributed by atoms with Crippen molar-refractivity contribution in [2.24, 2.45) is 0 Å². The molecule has 0 unspecified atom stereocenters. The smallest absolute Gasteiger partial charge is 0.193 e. The summed E-state index contributed by atoms with van der Waals surface area (Å²) >= 11 is 14.2. The quantitative estimate of drug-likeness (QED) is 0.512. The van der Waals surface area contributed by atoms with E-state index < -0.39 is 0 Å². The molecule has 0 bridgehead atoms. The van der Waals surface area contributed by atoms with Crippen LogP contribution >= 0.6 is 45.8 Å². The van der Waals surface area contributed by atoms with E-state index >= 15 is 0 Å². The second kappa shape index (κ2) is 5.59. The van der Waals surface area contributed by atoms with E-state index in [-0.39, 0.29) is 5.78 Å². The number of hydrogen-bond donors (Lipinski definition) is 0. The van der Waals surface area contributed by atoms with Gasteiger partial charge in [-0.05, 0) is 59.3 Å². The molecule has 0 aliphatic heterocycles. The number of benzene rings is 2. The summed E-state index contributed by atoms with van der Waals surface area (Å²) in [6.45, 7) is 1.90. The fraction of sp³-hybridized carbons (Fsp3) is 0.0714. The van der Waals surface area contributed by atoms with E-state index in [1.54, 1.807) is 24.3 Å². The molecule has 0 aliphatic carbocycles. The van der Waals surface area contributed by atoms with Crippen LogP contribution in [-0.2, 0) is 0 Å². The maximum atomic E-state index is 12.3. The molecule has 0 heterocycles. The third-order valence-corrected chi connectivity index (χ3v) is 4.60. The molecular formula is C14H9Cl2IO. The van der Waals surface area contributed by atoms with E-state index in [0.717, 1.165) is 9.13 Å². The van der Waals surface area contributed by atoms with Crippen LogP contribution in [0.4, 0.5) is 0 Å². The highest BCUT2D eigenvalue weighted by Gasteiger charge is 2.11. The van der Waals surface area contributed by atoms with Gasteiger partial charge in [0.15, 0.2) is 5.78 Å². The second-order valence-electron chi connectivity index (χ2n) is 3.92. The number of aryl methyl sites for hydroxylation is 1. The predicted octanol–water partition coefficient (Wildman–Crippen LogP) is 5.14. The Kier molecular flexibility index (Phi) is 4.30. The maximum absolute atomic E-state index is 12.3. The van der Waals surface area contributed by atoms with Crippen molar-refractivity contribution in [1.82, 2.24) is 0 Å². The van der Waals surface area contributed by atoms with Gasteiger partial charge in [-0.25, -0.2) is 0 Å². The van der Waals surface area contributed by atoms with Gasteiger partial charge in [-0.15, -0.1) is 0 Å². The minimum Gasteiger partial charge on any atom is -0.289 e. The van der Waals surface area contributed by atoms with E-state index in [1.807, 2.05) is 19.1 Å². The Balaban J connectivity index is 2.41. The lowest BCUT2D eigenvalue weighted by atomic mass is 10.0. The molecule has 4 heteroatoms. The van der Waals surface area contributed by atoms with Gasteiger partial charge < -0.3 is 0 Å². The van der Waals surface area contributed by atoms with Gasteiger partial charge >= 0.3 is 0 Å². The highest BCUT2D eigenvalue weighted by Crippen LogP contribution is 2.23. The number of ketones is 1. The van der Waals surface area contributed by atoms with Gasteiger partial charge in [0, 0.05) is 19.7 Å². The normalized spacial score (nSPS) is 10.4. The van der Waals surface area contributed by atoms with Crippen LogP contribution in [0, 0.1) is 10.5 Å². The van der Waals surface area contributed by atoms with Crippen LogP contribution in [0.2, 0.25) is 10.0 Å². The lowest BCUT2D eigenvalue weighted by Crippen LogP contribution is -2.01. The van der Waals surface area contributed by atoms with E-state index in [2.05, 4.69) is 22.6 Å². The SMILES string of the molecule is Cc1ccc(C(=O)c2ccc(I)c(Cl)c2)cc1Cl. The van der Waals surface area contributed by atoms with Crippen molar-refractivity contribution < 1.29 is 4.79 Å². The van der Waals surface area contributed by atoms with Gasteiger partial charge in [0.2, 0.25) is 0 Å². The number of carbonyl (C=O) groups is 1. The fourth-order valence-electron chi connectivity index (χ4n) is 1.54. The predicted molar refractivity (Wildman–Crippen MR) is 83.8 cm³/mol.